The highest BCUT2D eigenvalue weighted by atomic mass is 16.2. The summed E-state index contributed by atoms with van der Waals surface area (Å²) in [6, 6.07) is 5.68. The van der Waals surface area contributed by atoms with E-state index in [1.54, 1.807) is 0 Å². The van der Waals surface area contributed by atoms with Gasteiger partial charge in [0.15, 0.2) is 0 Å². The second kappa shape index (κ2) is 9.92. The van der Waals surface area contributed by atoms with Gasteiger partial charge in [-0.05, 0) is 63.5 Å². The van der Waals surface area contributed by atoms with Gasteiger partial charge >= 0.3 is 0 Å². The summed E-state index contributed by atoms with van der Waals surface area (Å²) < 4.78 is 0. The van der Waals surface area contributed by atoms with Crippen LogP contribution in [0.15, 0.2) is 18.2 Å². The molecule has 6 heteroatoms. The number of benzene rings is 1. The van der Waals surface area contributed by atoms with E-state index in [0.29, 0.717) is 24.2 Å². The average Bonchev–Trinajstić information content (AvgIpc) is 3.11. The van der Waals surface area contributed by atoms with Crippen molar-refractivity contribution in [2.45, 2.75) is 46.5 Å². The molecule has 0 unspecified atom stereocenters. The summed E-state index contributed by atoms with van der Waals surface area (Å²) in [5.74, 6) is -0.105. The van der Waals surface area contributed by atoms with Crippen LogP contribution in [0.2, 0.25) is 0 Å². The highest BCUT2D eigenvalue weighted by Crippen LogP contribution is 2.28. The third kappa shape index (κ3) is 7.15. The van der Waals surface area contributed by atoms with Gasteiger partial charge in [0.2, 0.25) is 5.91 Å². The molecule has 0 radical (unpaired) electrons. The van der Waals surface area contributed by atoms with Gasteiger partial charge in [-0.25, -0.2) is 0 Å². The predicted octanol–water partition coefficient (Wildman–Crippen LogP) is 3.34. The summed E-state index contributed by atoms with van der Waals surface area (Å²) in [5.41, 5.74) is 2.19. The molecule has 1 aromatic carbocycles. The summed E-state index contributed by atoms with van der Waals surface area (Å²) in [7, 11) is 4.05. The quantitative estimate of drug-likeness (QED) is 0.671. The van der Waals surface area contributed by atoms with Crippen LogP contribution in [0.4, 0.5) is 11.4 Å². The van der Waals surface area contributed by atoms with Gasteiger partial charge in [-0.15, -0.1) is 0 Å². The van der Waals surface area contributed by atoms with Gasteiger partial charge in [-0.2, -0.15) is 0 Å². The molecule has 0 saturated carbocycles. The smallest absolute Gasteiger partial charge is 0.253 e. The van der Waals surface area contributed by atoms with E-state index in [9.17, 15) is 9.59 Å². The third-order valence-corrected chi connectivity index (χ3v) is 4.73. The highest BCUT2D eigenvalue weighted by Gasteiger charge is 2.21. The number of nitrogens with zero attached hydrogens (tertiary/aromatic N) is 2. The van der Waals surface area contributed by atoms with E-state index in [1.165, 1.54) is 0 Å². The molecule has 1 saturated heterocycles. The van der Waals surface area contributed by atoms with Crippen LogP contribution >= 0.6 is 0 Å². The van der Waals surface area contributed by atoms with Crippen LogP contribution in [0, 0.1) is 5.41 Å². The van der Waals surface area contributed by atoms with Crippen LogP contribution in [0.3, 0.4) is 0 Å². The summed E-state index contributed by atoms with van der Waals surface area (Å²) in [6.45, 7) is 9.62. The maximum absolute atomic E-state index is 12.9. The van der Waals surface area contributed by atoms with E-state index in [2.05, 4.69) is 20.4 Å². The van der Waals surface area contributed by atoms with E-state index < -0.39 is 0 Å². The lowest BCUT2D eigenvalue weighted by Crippen LogP contribution is -2.30. The lowest BCUT2D eigenvalue weighted by molar-refractivity contribution is -0.117. The van der Waals surface area contributed by atoms with Crippen LogP contribution in [0.1, 0.15) is 56.8 Å². The Morgan fingerprint density at radius 1 is 1.14 bits per heavy atom. The number of nitrogens with one attached hydrogen (secondary N) is 2. The summed E-state index contributed by atoms with van der Waals surface area (Å²) in [6.07, 6.45) is 3.63. The molecule has 2 rings (SSSR count). The number of hydrogen-bond acceptors (Lipinski definition) is 4. The average molecular weight is 389 g/mol. The molecule has 156 valence electrons. The van der Waals surface area contributed by atoms with Gasteiger partial charge in [0, 0.05) is 37.4 Å². The molecule has 28 heavy (non-hydrogen) atoms. The van der Waals surface area contributed by atoms with Crippen LogP contribution in [-0.2, 0) is 4.79 Å². The van der Waals surface area contributed by atoms with Crippen molar-refractivity contribution in [3.63, 3.8) is 0 Å². The van der Waals surface area contributed by atoms with Crippen molar-refractivity contribution < 1.29 is 9.59 Å². The highest BCUT2D eigenvalue weighted by molar-refractivity contribution is 6.02. The van der Waals surface area contributed by atoms with Gasteiger partial charge < -0.3 is 20.4 Å². The summed E-state index contributed by atoms with van der Waals surface area (Å²) in [4.78, 5) is 29.5. The standard InChI is InChI=1S/C22H36N4O2/c1-22(2,3)16-20(27)24-17-9-10-19(26-13-6-7-14-26)18(15-17)21(28)23-11-8-12-25(4)5/h9-10,15H,6-8,11-14,16H2,1-5H3,(H,23,28)(H,24,27). The maximum atomic E-state index is 12.9. The number of carbonyl (C=O) groups is 2. The molecule has 0 spiro atoms. The van der Waals surface area contributed by atoms with E-state index in [0.717, 1.165) is 44.6 Å². The molecular weight excluding hydrogens is 352 g/mol. The Kier molecular flexibility index (Phi) is 7.87. The van der Waals surface area contributed by atoms with Gasteiger partial charge in [-0.1, -0.05) is 20.8 Å². The van der Waals surface area contributed by atoms with E-state index in [-0.39, 0.29) is 17.2 Å². The van der Waals surface area contributed by atoms with Gasteiger partial charge in [0.05, 0.1) is 5.56 Å². The first kappa shape index (κ1) is 22.2. The molecule has 1 aliphatic heterocycles. The van der Waals surface area contributed by atoms with Crippen LogP contribution < -0.4 is 15.5 Å². The van der Waals surface area contributed by atoms with E-state index >= 15 is 0 Å². The van der Waals surface area contributed by atoms with Crippen molar-refractivity contribution in [3.05, 3.63) is 23.8 Å². The molecule has 1 heterocycles. The Bertz CT molecular complexity index is 674. The molecule has 0 aromatic heterocycles. The van der Waals surface area contributed by atoms with Crippen molar-refractivity contribution in [1.82, 2.24) is 10.2 Å². The molecule has 1 fully saturated rings. The Hall–Kier alpha value is -2.08. The number of rotatable bonds is 8. The Balaban J connectivity index is 2.13. The lowest BCUT2D eigenvalue weighted by atomic mass is 9.92. The van der Waals surface area contributed by atoms with Crippen molar-refractivity contribution in [2.75, 3.05) is 50.5 Å². The molecule has 1 aromatic rings. The molecule has 0 atom stereocenters. The zero-order chi connectivity index (χ0) is 20.7. The van der Waals surface area contributed by atoms with Gasteiger partial charge in [-0.3, -0.25) is 9.59 Å². The number of carbonyl (C=O) groups excluding carboxylic acids is 2. The second-order valence-electron chi connectivity index (χ2n) is 9.12. The van der Waals surface area contributed by atoms with Crippen molar-refractivity contribution >= 4 is 23.2 Å². The topological polar surface area (TPSA) is 64.7 Å². The molecule has 6 nitrogen and oxygen atoms in total. The first-order chi connectivity index (χ1) is 13.2. The Morgan fingerprint density at radius 3 is 2.43 bits per heavy atom. The van der Waals surface area contributed by atoms with Crippen LogP contribution in [0.25, 0.3) is 0 Å². The largest absolute Gasteiger partial charge is 0.371 e. The fourth-order valence-electron chi connectivity index (χ4n) is 3.41. The minimum absolute atomic E-state index is 0.0289. The van der Waals surface area contributed by atoms with Crippen LogP contribution in [-0.4, -0.2) is 57.0 Å². The SMILES string of the molecule is CN(C)CCCNC(=O)c1cc(NC(=O)CC(C)(C)C)ccc1N1CCCC1. The molecule has 0 bridgehead atoms. The molecule has 1 aliphatic rings. The molecular formula is C22H36N4O2. The summed E-state index contributed by atoms with van der Waals surface area (Å²) >= 11 is 0. The van der Waals surface area contributed by atoms with Crippen molar-refractivity contribution in [2.24, 2.45) is 5.41 Å². The first-order valence-electron chi connectivity index (χ1n) is 10.3. The lowest BCUT2D eigenvalue weighted by Gasteiger charge is -2.22. The minimum Gasteiger partial charge on any atom is -0.371 e. The minimum atomic E-state index is -0.0772. The number of amides is 2. The normalized spacial score (nSPS) is 14.4. The number of hydrogen-bond donors (Lipinski definition) is 2. The number of anilines is 2. The molecule has 2 amide bonds. The zero-order valence-corrected chi connectivity index (χ0v) is 18.1. The second-order valence-corrected chi connectivity index (χ2v) is 9.12. The Morgan fingerprint density at radius 2 is 1.82 bits per heavy atom. The zero-order valence-electron chi connectivity index (χ0n) is 18.1. The van der Waals surface area contributed by atoms with Crippen LogP contribution in [0.5, 0.6) is 0 Å². The van der Waals surface area contributed by atoms with Crippen molar-refractivity contribution in [1.29, 1.82) is 0 Å². The van der Waals surface area contributed by atoms with E-state index in [4.69, 9.17) is 0 Å². The predicted molar refractivity (Wildman–Crippen MR) is 116 cm³/mol. The fraction of sp³-hybridized carbons (Fsp3) is 0.636. The monoisotopic (exact) mass is 388 g/mol. The van der Waals surface area contributed by atoms with Gasteiger partial charge in [0.25, 0.3) is 5.91 Å². The van der Waals surface area contributed by atoms with Crippen molar-refractivity contribution in [3.8, 4) is 0 Å². The third-order valence-electron chi connectivity index (χ3n) is 4.73. The maximum Gasteiger partial charge on any atom is 0.253 e. The summed E-state index contributed by atoms with van der Waals surface area (Å²) in [5, 5.41) is 5.98. The van der Waals surface area contributed by atoms with E-state index in [1.807, 2.05) is 53.1 Å². The molecule has 2 N–H and O–H groups in total. The van der Waals surface area contributed by atoms with Gasteiger partial charge in [0.1, 0.15) is 0 Å². The first-order valence-corrected chi connectivity index (χ1v) is 10.3. The molecule has 0 aliphatic carbocycles. The Labute approximate surface area is 169 Å². The fourth-order valence-corrected chi connectivity index (χ4v) is 3.41.